The number of aromatic amines is 1. The second kappa shape index (κ2) is 5.11. The molecule has 3 aromatic rings. The Labute approximate surface area is 124 Å². The summed E-state index contributed by atoms with van der Waals surface area (Å²) < 4.78 is 0. The zero-order valence-electron chi connectivity index (χ0n) is 10.0. The summed E-state index contributed by atoms with van der Waals surface area (Å²) >= 11 is 11.5. The van der Waals surface area contributed by atoms with Gasteiger partial charge in [0.1, 0.15) is 5.69 Å². The van der Waals surface area contributed by atoms with Crippen LogP contribution < -0.4 is 5.32 Å². The Hall–Kier alpha value is -2.11. The summed E-state index contributed by atoms with van der Waals surface area (Å²) in [5, 5.41) is 4.29. The highest BCUT2D eigenvalue weighted by molar-refractivity contribution is 6.31. The van der Waals surface area contributed by atoms with E-state index >= 15 is 0 Å². The highest BCUT2D eigenvalue weighted by atomic mass is 35.5. The first-order valence-corrected chi connectivity index (χ1v) is 6.44. The van der Waals surface area contributed by atoms with Crippen LogP contribution in [0.25, 0.3) is 10.9 Å². The van der Waals surface area contributed by atoms with Crippen molar-refractivity contribution in [3.05, 3.63) is 52.7 Å². The number of hydrogen-bond donors (Lipinski definition) is 2. The van der Waals surface area contributed by atoms with E-state index in [1.54, 1.807) is 18.2 Å². The van der Waals surface area contributed by atoms with Gasteiger partial charge >= 0.3 is 0 Å². The fourth-order valence-electron chi connectivity index (χ4n) is 1.80. The number of amides is 1. The van der Waals surface area contributed by atoms with Crippen LogP contribution in [0.5, 0.6) is 0 Å². The Kier molecular flexibility index (Phi) is 3.30. The first kappa shape index (κ1) is 12.9. The lowest BCUT2D eigenvalue weighted by atomic mass is 10.2. The quantitative estimate of drug-likeness (QED) is 0.712. The number of fused-ring (bicyclic) bond motifs is 1. The largest absolute Gasteiger partial charge is 0.351 e. The van der Waals surface area contributed by atoms with Crippen LogP contribution in [-0.4, -0.2) is 20.9 Å². The fraction of sp³-hybridized carbons (Fsp3) is 0. The van der Waals surface area contributed by atoms with Gasteiger partial charge in [0, 0.05) is 15.9 Å². The zero-order valence-corrected chi connectivity index (χ0v) is 11.5. The molecule has 3 rings (SSSR count). The number of anilines is 1. The van der Waals surface area contributed by atoms with Crippen LogP contribution >= 0.6 is 23.2 Å². The molecule has 0 unspecified atom stereocenters. The summed E-state index contributed by atoms with van der Waals surface area (Å²) in [5.41, 5.74) is 1.74. The highest BCUT2D eigenvalue weighted by Gasteiger charge is 2.10. The number of carbonyl (C=O) groups excluding carboxylic acids is 1. The van der Waals surface area contributed by atoms with Gasteiger partial charge in [0.2, 0.25) is 5.28 Å². The molecule has 0 saturated carbocycles. The van der Waals surface area contributed by atoms with Crippen molar-refractivity contribution in [1.29, 1.82) is 0 Å². The molecule has 0 radical (unpaired) electrons. The first-order valence-electron chi connectivity index (χ1n) is 5.69. The van der Waals surface area contributed by atoms with Crippen LogP contribution in [0.3, 0.4) is 0 Å². The molecule has 2 aromatic heterocycles. The van der Waals surface area contributed by atoms with Crippen molar-refractivity contribution in [2.45, 2.75) is 0 Å². The lowest BCUT2D eigenvalue weighted by Gasteiger charge is -2.01. The van der Waals surface area contributed by atoms with E-state index < -0.39 is 0 Å². The molecule has 0 aliphatic heterocycles. The Morgan fingerprint density at radius 1 is 1.15 bits per heavy atom. The molecule has 0 bridgehead atoms. The van der Waals surface area contributed by atoms with Crippen molar-refractivity contribution in [3.8, 4) is 0 Å². The molecule has 20 heavy (non-hydrogen) atoms. The van der Waals surface area contributed by atoms with Crippen molar-refractivity contribution in [1.82, 2.24) is 15.0 Å². The van der Waals surface area contributed by atoms with E-state index in [9.17, 15) is 4.79 Å². The van der Waals surface area contributed by atoms with Crippen molar-refractivity contribution >= 4 is 45.7 Å². The zero-order chi connectivity index (χ0) is 14.1. The molecule has 100 valence electrons. The van der Waals surface area contributed by atoms with E-state index in [1.165, 1.54) is 12.4 Å². The lowest BCUT2D eigenvalue weighted by Crippen LogP contribution is -2.12. The molecular formula is C13H8Cl2N4O. The molecule has 0 aliphatic rings. The summed E-state index contributed by atoms with van der Waals surface area (Å²) in [6, 6.07) is 7.10. The van der Waals surface area contributed by atoms with Crippen molar-refractivity contribution in [2.75, 3.05) is 5.32 Å². The minimum atomic E-state index is -0.289. The number of rotatable bonds is 2. The van der Waals surface area contributed by atoms with Crippen molar-refractivity contribution < 1.29 is 4.79 Å². The Balaban J connectivity index is 1.86. The van der Waals surface area contributed by atoms with Gasteiger partial charge in [-0.2, -0.15) is 0 Å². The summed E-state index contributed by atoms with van der Waals surface area (Å²) in [7, 11) is 0. The average Bonchev–Trinajstić information content (AvgIpc) is 2.84. The van der Waals surface area contributed by atoms with E-state index in [2.05, 4.69) is 20.3 Å². The molecular weight excluding hydrogens is 299 g/mol. The highest BCUT2D eigenvalue weighted by Crippen LogP contribution is 2.20. The maximum Gasteiger partial charge on any atom is 0.272 e. The smallest absolute Gasteiger partial charge is 0.272 e. The van der Waals surface area contributed by atoms with Crippen molar-refractivity contribution in [2.24, 2.45) is 0 Å². The van der Waals surface area contributed by atoms with Crippen LogP contribution in [0.15, 0.2) is 36.7 Å². The number of nitrogens with zero attached hydrogens (tertiary/aromatic N) is 2. The Morgan fingerprint density at radius 2 is 1.90 bits per heavy atom. The van der Waals surface area contributed by atoms with E-state index in [0.29, 0.717) is 16.4 Å². The molecule has 0 saturated heterocycles. The monoisotopic (exact) mass is 306 g/mol. The molecule has 2 N–H and O–H groups in total. The lowest BCUT2D eigenvalue weighted by molar-refractivity contribution is 0.102. The number of nitrogens with one attached hydrogen (secondary N) is 2. The number of carbonyl (C=O) groups is 1. The molecule has 5 nitrogen and oxygen atoms in total. The maximum atomic E-state index is 12.1. The Bertz CT molecular complexity index is 783. The van der Waals surface area contributed by atoms with Gasteiger partial charge in [-0.05, 0) is 35.9 Å². The third-order valence-corrected chi connectivity index (χ3v) is 3.14. The molecule has 0 fully saturated rings. The average molecular weight is 307 g/mol. The van der Waals surface area contributed by atoms with Crippen LogP contribution in [0.1, 0.15) is 10.5 Å². The Morgan fingerprint density at radius 3 is 2.65 bits per heavy atom. The maximum absolute atomic E-state index is 12.1. The van der Waals surface area contributed by atoms with Crippen LogP contribution in [0.2, 0.25) is 10.3 Å². The third kappa shape index (κ3) is 2.59. The van der Waals surface area contributed by atoms with Crippen LogP contribution in [0, 0.1) is 0 Å². The SMILES string of the molecule is O=C(Nc1cnc(Cl)nc1)c1cc2cc(Cl)ccc2[nH]1. The third-order valence-electron chi connectivity index (χ3n) is 2.71. The summed E-state index contributed by atoms with van der Waals surface area (Å²) in [5.74, 6) is -0.289. The second-order valence-corrected chi connectivity index (χ2v) is 4.88. The van der Waals surface area contributed by atoms with E-state index in [1.807, 2.05) is 6.07 Å². The second-order valence-electron chi connectivity index (χ2n) is 4.11. The van der Waals surface area contributed by atoms with Gasteiger partial charge in [0.05, 0.1) is 18.1 Å². The predicted octanol–water partition coefficient (Wildman–Crippen LogP) is 3.52. The summed E-state index contributed by atoms with van der Waals surface area (Å²) in [6.07, 6.45) is 2.87. The van der Waals surface area contributed by atoms with Crippen LogP contribution in [0.4, 0.5) is 5.69 Å². The van der Waals surface area contributed by atoms with E-state index in [-0.39, 0.29) is 11.2 Å². The van der Waals surface area contributed by atoms with Gasteiger partial charge < -0.3 is 10.3 Å². The molecule has 0 aliphatic carbocycles. The molecule has 7 heteroatoms. The standard InChI is InChI=1S/C13H8Cl2N4O/c14-8-1-2-10-7(3-8)4-11(19-10)12(20)18-9-5-16-13(15)17-6-9/h1-6,19H,(H,18,20). The van der Waals surface area contributed by atoms with Crippen molar-refractivity contribution in [3.63, 3.8) is 0 Å². The minimum absolute atomic E-state index is 0.128. The minimum Gasteiger partial charge on any atom is -0.351 e. The van der Waals surface area contributed by atoms with Gasteiger partial charge in [-0.25, -0.2) is 9.97 Å². The predicted molar refractivity (Wildman–Crippen MR) is 78.3 cm³/mol. The molecule has 0 atom stereocenters. The van der Waals surface area contributed by atoms with E-state index in [0.717, 1.165) is 10.9 Å². The topological polar surface area (TPSA) is 70.7 Å². The summed E-state index contributed by atoms with van der Waals surface area (Å²) in [4.78, 5) is 22.7. The van der Waals surface area contributed by atoms with E-state index in [4.69, 9.17) is 23.2 Å². The number of aromatic nitrogens is 3. The van der Waals surface area contributed by atoms with Crippen LogP contribution in [-0.2, 0) is 0 Å². The molecule has 2 heterocycles. The normalized spacial score (nSPS) is 10.7. The fourth-order valence-corrected chi connectivity index (χ4v) is 2.08. The number of benzene rings is 1. The first-order chi connectivity index (χ1) is 9.61. The summed E-state index contributed by atoms with van der Waals surface area (Å²) in [6.45, 7) is 0. The molecule has 1 amide bonds. The van der Waals surface area contributed by atoms with Gasteiger partial charge in [-0.3, -0.25) is 4.79 Å². The number of hydrogen-bond acceptors (Lipinski definition) is 3. The molecule has 0 spiro atoms. The number of halogens is 2. The number of H-pyrrole nitrogens is 1. The van der Waals surface area contributed by atoms with Gasteiger partial charge in [-0.15, -0.1) is 0 Å². The van der Waals surface area contributed by atoms with Gasteiger partial charge in [0.15, 0.2) is 0 Å². The van der Waals surface area contributed by atoms with Gasteiger partial charge in [-0.1, -0.05) is 11.6 Å². The van der Waals surface area contributed by atoms with Gasteiger partial charge in [0.25, 0.3) is 5.91 Å². The molecule has 1 aromatic carbocycles.